The molecule has 1 aliphatic rings. The third-order valence-electron chi connectivity index (χ3n) is 6.84. The quantitative estimate of drug-likeness (QED) is 0.203. The molecule has 1 aliphatic heterocycles. The third kappa shape index (κ3) is 6.56. The maximum Gasteiger partial charge on any atom is 0.260 e. The van der Waals surface area contributed by atoms with Gasteiger partial charge in [0.2, 0.25) is 11.7 Å². The molecule has 0 spiro atoms. The van der Waals surface area contributed by atoms with Gasteiger partial charge in [0.15, 0.2) is 17.5 Å². The number of aryl methyl sites for hydroxylation is 1. The van der Waals surface area contributed by atoms with Crippen LogP contribution in [0.1, 0.15) is 25.3 Å². The van der Waals surface area contributed by atoms with Crippen LogP contribution in [0.25, 0.3) is 17.3 Å². The fourth-order valence-corrected chi connectivity index (χ4v) is 5.59. The van der Waals surface area contributed by atoms with Crippen molar-refractivity contribution >= 4 is 23.6 Å². The lowest BCUT2D eigenvalue weighted by Crippen LogP contribution is -2.56. The molecule has 2 aromatic carbocycles. The predicted octanol–water partition coefficient (Wildman–Crippen LogP) is 4.85. The van der Waals surface area contributed by atoms with E-state index in [2.05, 4.69) is 29.3 Å². The van der Waals surface area contributed by atoms with Crippen LogP contribution in [0.5, 0.6) is 5.75 Å². The lowest BCUT2D eigenvalue weighted by Gasteiger charge is -2.39. The number of piperazine rings is 1. The summed E-state index contributed by atoms with van der Waals surface area (Å²) in [5.41, 5.74) is 2.13. The predicted molar refractivity (Wildman–Crippen MR) is 153 cm³/mol. The first kappa shape index (κ1) is 27.5. The molecule has 2 amide bonds. The van der Waals surface area contributed by atoms with Crippen LogP contribution in [0.3, 0.4) is 0 Å². The summed E-state index contributed by atoms with van der Waals surface area (Å²) < 4.78 is 13.2. The van der Waals surface area contributed by atoms with Gasteiger partial charge in [-0.1, -0.05) is 47.7 Å². The lowest BCUT2D eigenvalue weighted by molar-refractivity contribution is -0.143. The molecule has 1 atom stereocenters. The van der Waals surface area contributed by atoms with Crippen molar-refractivity contribution in [3.8, 4) is 23.0 Å². The molecule has 3 heterocycles. The minimum absolute atomic E-state index is 0.00559. The van der Waals surface area contributed by atoms with Crippen molar-refractivity contribution in [2.24, 2.45) is 0 Å². The number of carbonyl (C=O) groups excluding carboxylic acids is 2. The minimum atomic E-state index is -0.0635. The molecule has 0 saturated carbocycles. The highest BCUT2D eigenvalue weighted by molar-refractivity contribution is 7.99. The van der Waals surface area contributed by atoms with Crippen LogP contribution in [0.4, 0.5) is 0 Å². The number of para-hydroxylation sites is 1. The van der Waals surface area contributed by atoms with Crippen LogP contribution >= 0.6 is 11.8 Å². The Morgan fingerprint density at radius 3 is 2.52 bits per heavy atom. The maximum absolute atomic E-state index is 13.0. The minimum Gasteiger partial charge on any atom is -0.484 e. The second-order valence-corrected chi connectivity index (χ2v) is 10.8. The van der Waals surface area contributed by atoms with Gasteiger partial charge < -0.3 is 19.0 Å². The molecule has 208 valence electrons. The summed E-state index contributed by atoms with van der Waals surface area (Å²) in [5.74, 6) is 2.72. The molecule has 0 aliphatic carbocycles. The van der Waals surface area contributed by atoms with Gasteiger partial charge in [0.1, 0.15) is 5.75 Å². The molecule has 4 aromatic rings. The van der Waals surface area contributed by atoms with Crippen molar-refractivity contribution in [2.75, 3.05) is 32.0 Å². The summed E-state index contributed by atoms with van der Waals surface area (Å²) in [6.45, 7) is 5.58. The number of carbonyl (C=O) groups is 2. The van der Waals surface area contributed by atoms with Gasteiger partial charge in [-0.15, -0.1) is 10.2 Å². The number of hydrogen-bond donors (Lipinski definition) is 0. The molecule has 5 rings (SSSR count). The average molecular weight is 560 g/mol. The van der Waals surface area contributed by atoms with E-state index >= 15 is 0 Å². The number of aromatic nitrogens is 3. The molecular weight excluding hydrogens is 526 g/mol. The van der Waals surface area contributed by atoms with Crippen molar-refractivity contribution < 1.29 is 18.7 Å². The van der Waals surface area contributed by atoms with Crippen LogP contribution in [0.15, 0.2) is 82.6 Å². The second-order valence-electron chi connectivity index (χ2n) is 9.78. The molecule has 1 saturated heterocycles. The Morgan fingerprint density at radius 1 is 1.00 bits per heavy atom. The average Bonchev–Trinajstić information content (AvgIpc) is 3.65. The van der Waals surface area contributed by atoms with E-state index < -0.39 is 0 Å². The standard InChI is InChI=1S/C30H33N5O4S/c1-22-12-14-24(15-13-22)35-29(26-10-6-18-38-26)31-32-30(35)40-19-7-11-27(36)33-16-17-34(23(2)20-33)28(37)21-39-25-8-4-3-5-9-25/h3-6,8-10,12-15,18,23H,7,11,16-17,19-21H2,1-2H3. The summed E-state index contributed by atoms with van der Waals surface area (Å²) in [6, 6.07) is 21.1. The monoisotopic (exact) mass is 559 g/mol. The summed E-state index contributed by atoms with van der Waals surface area (Å²) in [4.78, 5) is 29.3. The number of nitrogens with zero attached hydrogens (tertiary/aromatic N) is 5. The Labute approximate surface area is 238 Å². The van der Waals surface area contributed by atoms with Crippen LogP contribution < -0.4 is 4.74 Å². The number of amides is 2. The van der Waals surface area contributed by atoms with E-state index in [1.165, 1.54) is 5.56 Å². The van der Waals surface area contributed by atoms with Gasteiger partial charge in [-0.2, -0.15) is 0 Å². The maximum atomic E-state index is 13.0. The second kappa shape index (κ2) is 12.9. The van der Waals surface area contributed by atoms with E-state index in [1.807, 2.05) is 71.0 Å². The van der Waals surface area contributed by atoms with E-state index in [0.717, 1.165) is 16.6 Å². The molecule has 0 N–H and O–H groups in total. The van der Waals surface area contributed by atoms with E-state index in [4.69, 9.17) is 9.15 Å². The van der Waals surface area contributed by atoms with E-state index in [0.29, 0.717) is 49.8 Å². The smallest absolute Gasteiger partial charge is 0.260 e. The number of rotatable bonds is 10. The normalized spacial score (nSPS) is 15.3. The van der Waals surface area contributed by atoms with Gasteiger partial charge in [0, 0.05) is 43.5 Å². The Morgan fingerprint density at radius 2 is 1.80 bits per heavy atom. The molecule has 0 radical (unpaired) electrons. The number of ether oxygens (including phenoxy) is 1. The first-order valence-corrected chi connectivity index (χ1v) is 14.4. The van der Waals surface area contributed by atoms with Crippen LogP contribution in [0.2, 0.25) is 0 Å². The van der Waals surface area contributed by atoms with E-state index in [1.54, 1.807) is 22.9 Å². The summed E-state index contributed by atoms with van der Waals surface area (Å²) in [5, 5.41) is 9.56. The van der Waals surface area contributed by atoms with Crippen molar-refractivity contribution in [1.82, 2.24) is 24.6 Å². The van der Waals surface area contributed by atoms with Gasteiger partial charge in [0.05, 0.1) is 6.26 Å². The molecule has 2 aromatic heterocycles. The largest absolute Gasteiger partial charge is 0.484 e. The topological polar surface area (TPSA) is 93.7 Å². The van der Waals surface area contributed by atoms with Gasteiger partial charge in [-0.3, -0.25) is 14.2 Å². The number of hydrogen-bond acceptors (Lipinski definition) is 7. The van der Waals surface area contributed by atoms with Gasteiger partial charge >= 0.3 is 0 Å². The van der Waals surface area contributed by atoms with Crippen LogP contribution in [0, 0.1) is 6.92 Å². The van der Waals surface area contributed by atoms with E-state index in [9.17, 15) is 9.59 Å². The van der Waals surface area contributed by atoms with Gasteiger partial charge in [-0.25, -0.2) is 0 Å². The van der Waals surface area contributed by atoms with Crippen LogP contribution in [-0.2, 0) is 9.59 Å². The number of benzene rings is 2. The highest BCUT2D eigenvalue weighted by atomic mass is 32.2. The highest BCUT2D eigenvalue weighted by Crippen LogP contribution is 2.29. The van der Waals surface area contributed by atoms with Crippen molar-refractivity contribution in [3.63, 3.8) is 0 Å². The SMILES string of the molecule is Cc1ccc(-n2c(SCCCC(=O)N3CCN(C(=O)COc4ccccc4)C(C)C3)nnc2-c2ccco2)cc1. The van der Waals surface area contributed by atoms with Crippen molar-refractivity contribution in [2.45, 2.75) is 37.9 Å². The molecule has 1 fully saturated rings. The fourth-order valence-electron chi connectivity index (χ4n) is 4.70. The Bertz CT molecular complexity index is 1410. The summed E-state index contributed by atoms with van der Waals surface area (Å²) >= 11 is 1.57. The van der Waals surface area contributed by atoms with E-state index in [-0.39, 0.29) is 24.5 Å². The zero-order chi connectivity index (χ0) is 27.9. The molecule has 1 unspecified atom stereocenters. The fraction of sp³-hybridized carbons (Fsp3) is 0.333. The van der Waals surface area contributed by atoms with Gasteiger partial charge in [0.25, 0.3) is 5.91 Å². The van der Waals surface area contributed by atoms with Crippen LogP contribution in [-0.4, -0.2) is 74.4 Å². The van der Waals surface area contributed by atoms with Gasteiger partial charge in [-0.05, 0) is 56.7 Å². The summed E-state index contributed by atoms with van der Waals surface area (Å²) in [6.07, 6.45) is 2.77. The highest BCUT2D eigenvalue weighted by Gasteiger charge is 2.29. The Kier molecular flexibility index (Phi) is 8.85. The number of furan rings is 1. The first-order valence-electron chi connectivity index (χ1n) is 13.4. The number of thioether (sulfide) groups is 1. The Hall–Kier alpha value is -4.05. The molecular formula is C30H33N5O4S. The molecule has 0 bridgehead atoms. The molecule has 10 heteroatoms. The molecule has 9 nitrogen and oxygen atoms in total. The zero-order valence-corrected chi connectivity index (χ0v) is 23.5. The van der Waals surface area contributed by atoms with Crippen molar-refractivity contribution in [1.29, 1.82) is 0 Å². The molecule has 40 heavy (non-hydrogen) atoms. The first-order chi connectivity index (χ1) is 19.5. The third-order valence-corrected chi connectivity index (χ3v) is 7.85. The van der Waals surface area contributed by atoms with Crippen molar-refractivity contribution in [3.05, 3.63) is 78.6 Å². The lowest BCUT2D eigenvalue weighted by atomic mass is 10.1. The Balaban J connectivity index is 1.11. The zero-order valence-electron chi connectivity index (χ0n) is 22.7. The summed E-state index contributed by atoms with van der Waals surface area (Å²) in [7, 11) is 0.